The molecule has 0 aromatic heterocycles. The minimum atomic E-state index is 0.123. The fourth-order valence-corrected chi connectivity index (χ4v) is 3.11. The molecule has 0 atom stereocenters. The summed E-state index contributed by atoms with van der Waals surface area (Å²) in [4.78, 5) is 12.1. The van der Waals surface area contributed by atoms with E-state index in [1.807, 2.05) is 33.0 Å². The predicted octanol–water partition coefficient (Wildman–Crippen LogP) is 3.90. The highest BCUT2D eigenvalue weighted by Crippen LogP contribution is 2.38. The zero-order valence-corrected chi connectivity index (χ0v) is 19.1. The summed E-state index contributed by atoms with van der Waals surface area (Å²) in [6.07, 6.45) is 9.63. The molecule has 0 unspecified atom stereocenters. The Morgan fingerprint density at radius 3 is 2.55 bits per heavy atom. The van der Waals surface area contributed by atoms with Crippen LogP contribution in [0.3, 0.4) is 0 Å². The van der Waals surface area contributed by atoms with Crippen molar-refractivity contribution in [2.24, 2.45) is 0 Å². The van der Waals surface area contributed by atoms with E-state index in [1.54, 1.807) is 44.6 Å². The Hall–Kier alpha value is -3.09. The molecule has 0 saturated carbocycles. The summed E-state index contributed by atoms with van der Waals surface area (Å²) in [5, 5.41) is 16.8. The number of rotatable bonds is 13. The van der Waals surface area contributed by atoms with Crippen molar-refractivity contribution in [2.75, 3.05) is 34.4 Å². The van der Waals surface area contributed by atoms with E-state index in [0.29, 0.717) is 40.3 Å². The fraction of sp³-hybridized carbons (Fsp3) is 0.320. The van der Waals surface area contributed by atoms with E-state index in [-0.39, 0.29) is 5.75 Å². The number of methoxy groups -OCH3 is 2. The molecule has 6 heteroatoms. The molecule has 0 aliphatic rings. The zero-order valence-electron chi connectivity index (χ0n) is 19.1. The second kappa shape index (κ2) is 14.0. The van der Waals surface area contributed by atoms with Crippen molar-refractivity contribution in [1.29, 1.82) is 0 Å². The second-order valence-corrected chi connectivity index (χ2v) is 6.71. The lowest BCUT2D eigenvalue weighted by atomic mass is 9.93. The van der Waals surface area contributed by atoms with Crippen LogP contribution in [-0.2, 0) is 16.1 Å². The first-order valence-corrected chi connectivity index (χ1v) is 10.1. The van der Waals surface area contributed by atoms with E-state index >= 15 is 0 Å². The van der Waals surface area contributed by atoms with Gasteiger partial charge in [-0.1, -0.05) is 24.8 Å². The van der Waals surface area contributed by atoms with Gasteiger partial charge in [-0.15, -0.1) is 0 Å². The molecule has 6 nitrogen and oxygen atoms in total. The number of aldehydes is 1. The van der Waals surface area contributed by atoms with Gasteiger partial charge in [0.15, 0.2) is 6.29 Å². The van der Waals surface area contributed by atoms with Gasteiger partial charge < -0.3 is 25.2 Å². The standard InChI is InChI=1S/C25H34N2O4/c1-7-9-20(19(17-28)15-18(3)24(30-5)10-8-2)21-11-12-23(29)22(25(21)31-6)16-27-14-13-26-4/h7-12,15,17,26-27,29H,1,13-14,16H2,2-6H3/b10-8-,19-15+,20-9-,24-18-. The number of carbonyl (C=O) groups excluding carboxylic acids is 1. The van der Waals surface area contributed by atoms with E-state index in [2.05, 4.69) is 17.2 Å². The number of hydrogen-bond acceptors (Lipinski definition) is 6. The third kappa shape index (κ3) is 7.27. The van der Waals surface area contributed by atoms with Crippen LogP contribution in [0, 0.1) is 0 Å². The summed E-state index contributed by atoms with van der Waals surface area (Å²) in [6.45, 7) is 9.50. The van der Waals surface area contributed by atoms with E-state index in [4.69, 9.17) is 9.47 Å². The molecule has 0 aliphatic carbocycles. The average molecular weight is 427 g/mol. The lowest BCUT2D eigenvalue weighted by Gasteiger charge is -2.18. The second-order valence-electron chi connectivity index (χ2n) is 6.71. The Morgan fingerprint density at radius 2 is 2.00 bits per heavy atom. The Bertz CT molecular complexity index is 880. The van der Waals surface area contributed by atoms with E-state index < -0.39 is 0 Å². The summed E-state index contributed by atoms with van der Waals surface area (Å²) < 4.78 is 11.1. The zero-order chi connectivity index (χ0) is 23.2. The summed E-state index contributed by atoms with van der Waals surface area (Å²) >= 11 is 0. The van der Waals surface area contributed by atoms with Crippen molar-refractivity contribution >= 4 is 11.9 Å². The van der Waals surface area contributed by atoms with Crippen LogP contribution in [0.15, 0.2) is 66.0 Å². The van der Waals surface area contributed by atoms with E-state index in [0.717, 1.165) is 24.9 Å². The summed E-state index contributed by atoms with van der Waals surface area (Å²) in [7, 11) is 5.01. The van der Waals surface area contributed by atoms with Gasteiger partial charge in [-0.25, -0.2) is 0 Å². The lowest BCUT2D eigenvalue weighted by Crippen LogP contribution is -2.24. The molecule has 0 bridgehead atoms. The Morgan fingerprint density at radius 1 is 1.26 bits per heavy atom. The molecule has 1 aromatic rings. The number of allylic oxidation sites excluding steroid dienone is 8. The number of carbonyl (C=O) groups is 1. The van der Waals surface area contributed by atoms with Crippen molar-refractivity contribution < 1.29 is 19.4 Å². The first-order chi connectivity index (χ1) is 15.0. The molecule has 0 fully saturated rings. The molecular weight excluding hydrogens is 392 g/mol. The van der Waals surface area contributed by atoms with Gasteiger partial charge in [0.05, 0.1) is 19.8 Å². The number of benzene rings is 1. The quantitative estimate of drug-likeness (QED) is 0.146. The van der Waals surface area contributed by atoms with Crippen molar-refractivity contribution in [3.63, 3.8) is 0 Å². The van der Waals surface area contributed by atoms with Crippen molar-refractivity contribution in [2.45, 2.75) is 20.4 Å². The SMILES string of the molecule is C=C/C=C(/C(C=O)=C/C(C)=C(/C=C\C)OC)c1ccc(O)c(CNCCNC)c1OC. The third-order valence-electron chi connectivity index (χ3n) is 4.60. The van der Waals surface area contributed by atoms with Gasteiger partial charge in [-0.3, -0.25) is 4.79 Å². The van der Waals surface area contributed by atoms with Crippen LogP contribution < -0.4 is 15.4 Å². The molecule has 31 heavy (non-hydrogen) atoms. The lowest BCUT2D eigenvalue weighted by molar-refractivity contribution is -0.104. The minimum Gasteiger partial charge on any atom is -0.507 e. The number of phenols is 1. The third-order valence-corrected chi connectivity index (χ3v) is 4.60. The predicted molar refractivity (Wildman–Crippen MR) is 127 cm³/mol. The van der Waals surface area contributed by atoms with Crippen molar-refractivity contribution in [3.05, 3.63) is 77.1 Å². The highest BCUT2D eigenvalue weighted by atomic mass is 16.5. The molecule has 0 heterocycles. The van der Waals surface area contributed by atoms with Crippen LogP contribution in [0.4, 0.5) is 0 Å². The maximum atomic E-state index is 12.1. The maximum Gasteiger partial charge on any atom is 0.150 e. The molecule has 0 radical (unpaired) electrons. The number of aromatic hydroxyl groups is 1. The highest BCUT2D eigenvalue weighted by Gasteiger charge is 2.19. The van der Waals surface area contributed by atoms with Gasteiger partial charge in [-0.05, 0) is 56.3 Å². The van der Waals surface area contributed by atoms with E-state index in [9.17, 15) is 9.90 Å². The number of nitrogens with one attached hydrogen (secondary N) is 2. The van der Waals surface area contributed by atoms with Gasteiger partial charge in [0.25, 0.3) is 0 Å². The van der Waals surface area contributed by atoms with Crippen molar-refractivity contribution in [3.8, 4) is 11.5 Å². The molecule has 168 valence electrons. The van der Waals surface area contributed by atoms with Crippen LogP contribution in [0.25, 0.3) is 5.57 Å². The largest absolute Gasteiger partial charge is 0.507 e. The molecular formula is C25H34N2O4. The number of ether oxygens (including phenoxy) is 2. The Balaban J connectivity index is 3.58. The van der Waals surface area contributed by atoms with Gasteiger partial charge in [0, 0.05) is 30.8 Å². The summed E-state index contributed by atoms with van der Waals surface area (Å²) in [5.41, 5.74) is 3.17. The van der Waals surface area contributed by atoms with Crippen LogP contribution in [0.2, 0.25) is 0 Å². The first kappa shape index (κ1) is 25.9. The first-order valence-electron chi connectivity index (χ1n) is 10.1. The molecule has 1 aromatic carbocycles. The average Bonchev–Trinajstić information content (AvgIpc) is 2.77. The van der Waals surface area contributed by atoms with Gasteiger partial charge in [0.1, 0.15) is 17.3 Å². The molecule has 0 amide bonds. The van der Waals surface area contributed by atoms with Crippen LogP contribution >= 0.6 is 0 Å². The summed E-state index contributed by atoms with van der Waals surface area (Å²) in [6, 6.07) is 3.34. The van der Waals surface area contributed by atoms with E-state index in [1.165, 1.54) is 0 Å². The molecule has 3 N–H and O–H groups in total. The number of phenolic OH excluding ortho intramolecular Hbond substituents is 1. The van der Waals surface area contributed by atoms with Gasteiger partial charge in [0.2, 0.25) is 0 Å². The molecule has 0 aliphatic heterocycles. The van der Waals surface area contributed by atoms with Gasteiger partial charge in [-0.2, -0.15) is 0 Å². The maximum absolute atomic E-state index is 12.1. The van der Waals surface area contributed by atoms with Crippen LogP contribution in [0.1, 0.15) is 25.0 Å². The number of hydrogen-bond donors (Lipinski definition) is 3. The normalized spacial score (nSPS) is 13.2. The minimum absolute atomic E-state index is 0.123. The Kier molecular flexibility index (Phi) is 11.7. The molecule has 0 spiro atoms. The van der Waals surface area contributed by atoms with Crippen molar-refractivity contribution in [1.82, 2.24) is 10.6 Å². The Labute approximate surface area is 185 Å². The molecule has 0 saturated heterocycles. The van der Waals surface area contributed by atoms with Gasteiger partial charge >= 0.3 is 0 Å². The molecule has 1 rings (SSSR count). The number of likely N-dealkylation sites (N-methyl/N-ethyl adjacent to an activating group) is 1. The topological polar surface area (TPSA) is 79.8 Å². The van der Waals surface area contributed by atoms with Crippen LogP contribution in [0.5, 0.6) is 11.5 Å². The smallest absolute Gasteiger partial charge is 0.150 e. The highest BCUT2D eigenvalue weighted by molar-refractivity contribution is 6.01. The monoisotopic (exact) mass is 426 g/mol. The fourth-order valence-electron chi connectivity index (χ4n) is 3.11. The summed E-state index contributed by atoms with van der Waals surface area (Å²) in [5.74, 6) is 1.28. The van der Waals surface area contributed by atoms with Crippen LogP contribution in [-0.4, -0.2) is 45.7 Å².